The number of aliphatic hydroxyl groups is 2. The fourth-order valence-electron chi connectivity index (χ4n) is 2.55. The first-order valence-corrected chi connectivity index (χ1v) is 6.34. The molecule has 1 fully saturated rings. The number of anilines is 1. The first-order chi connectivity index (χ1) is 9.91. The van der Waals surface area contributed by atoms with Gasteiger partial charge in [0.2, 0.25) is 0 Å². The van der Waals surface area contributed by atoms with Crippen LogP contribution in [0, 0.1) is 0 Å². The summed E-state index contributed by atoms with van der Waals surface area (Å²) in [5, 5.41) is 20.2. The average molecular weight is 293 g/mol. The molecule has 3 heterocycles. The Morgan fingerprint density at radius 3 is 2.67 bits per heavy atom. The van der Waals surface area contributed by atoms with Gasteiger partial charge in [0.05, 0.1) is 17.1 Å². The maximum atomic E-state index is 11.6. The van der Waals surface area contributed by atoms with Gasteiger partial charge in [0.15, 0.2) is 6.23 Å². The summed E-state index contributed by atoms with van der Waals surface area (Å²) in [6.07, 6.45) is -1.01. The summed E-state index contributed by atoms with van der Waals surface area (Å²) in [6.45, 7) is 1.64. The van der Waals surface area contributed by atoms with Gasteiger partial charge in [-0.25, -0.2) is 9.97 Å². The molecule has 2 aromatic rings. The minimum atomic E-state index is -1.16. The third kappa shape index (κ3) is 1.94. The van der Waals surface area contributed by atoms with Gasteiger partial charge in [0, 0.05) is 6.20 Å². The molecule has 1 amide bonds. The van der Waals surface area contributed by atoms with Crippen LogP contribution >= 0.6 is 0 Å². The van der Waals surface area contributed by atoms with E-state index in [-0.39, 0.29) is 11.4 Å². The van der Waals surface area contributed by atoms with Crippen molar-refractivity contribution in [2.45, 2.75) is 31.5 Å². The Labute approximate surface area is 119 Å². The van der Waals surface area contributed by atoms with Gasteiger partial charge in [-0.05, 0) is 6.92 Å². The molecule has 9 nitrogen and oxygen atoms in total. The van der Waals surface area contributed by atoms with Crippen molar-refractivity contribution < 1.29 is 19.7 Å². The smallest absolute Gasteiger partial charge is 0.251 e. The fourth-order valence-corrected chi connectivity index (χ4v) is 2.55. The number of fused-ring (bicyclic) bond motifs is 1. The summed E-state index contributed by atoms with van der Waals surface area (Å²) >= 11 is 0. The lowest BCUT2D eigenvalue weighted by atomic mass is 10.1. The highest BCUT2D eigenvalue weighted by Crippen LogP contribution is 2.34. The van der Waals surface area contributed by atoms with E-state index in [1.807, 2.05) is 0 Å². The highest BCUT2D eigenvalue weighted by molar-refractivity contribution is 6.08. The van der Waals surface area contributed by atoms with Crippen molar-refractivity contribution in [1.82, 2.24) is 14.5 Å². The summed E-state index contributed by atoms with van der Waals surface area (Å²) < 4.78 is 6.96. The molecule has 0 aromatic carbocycles. The third-order valence-corrected chi connectivity index (χ3v) is 3.66. The standard InChI is InChI=1S/C12H15N5O4/c1-4-7(18)8(19)12(21-4)17-2-5(10(14)20)6-9(13)15-3-16-11(6)17/h2-4,7-8,12,18-19H,1H3,(H2,14,20)(H2,13,15,16)/t4-,7+,8+,12-/m1/s1. The molecule has 1 aliphatic rings. The van der Waals surface area contributed by atoms with Crippen LogP contribution in [0.3, 0.4) is 0 Å². The number of hydrogen-bond acceptors (Lipinski definition) is 7. The molecule has 4 atom stereocenters. The molecule has 6 N–H and O–H groups in total. The fraction of sp³-hybridized carbons (Fsp3) is 0.417. The van der Waals surface area contributed by atoms with Gasteiger partial charge in [0.1, 0.15) is 30.0 Å². The van der Waals surface area contributed by atoms with Crippen molar-refractivity contribution in [2.75, 3.05) is 5.73 Å². The van der Waals surface area contributed by atoms with E-state index in [1.54, 1.807) is 6.92 Å². The van der Waals surface area contributed by atoms with Crippen LogP contribution in [0.4, 0.5) is 5.82 Å². The van der Waals surface area contributed by atoms with E-state index >= 15 is 0 Å². The molecule has 0 unspecified atom stereocenters. The van der Waals surface area contributed by atoms with Gasteiger partial charge >= 0.3 is 0 Å². The van der Waals surface area contributed by atoms with Crippen LogP contribution in [0.25, 0.3) is 11.0 Å². The topological polar surface area (TPSA) is 150 Å². The maximum absolute atomic E-state index is 11.6. The van der Waals surface area contributed by atoms with Crippen molar-refractivity contribution in [1.29, 1.82) is 0 Å². The molecule has 112 valence electrons. The summed E-state index contributed by atoms with van der Waals surface area (Å²) in [4.78, 5) is 19.4. The Morgan fingerprint density at radius 2 is 2.10 bits per heavy atom. The van der Waals surface area contributed by atoms with E-state index in [9.17, 15) is 15.0 Å². The lowest BCUT2D eigenvalue weighted by Gasteiger charge is -2.17. The lowest BCUT2D eigenvalue weighted by molar-refractivity contribution is -0.0296. The van der Waals surface area contributed by atoms with E-state index in [2.05, 4.69) is 9.97 Å². The maximum Gasteiger partial charge on any atom is 0.251 e. The van der Waals surface area contributed by atoms with Crippen LogP contribution in [0.15, 0.2) is 12.5 Å². The summed E-state index contributed by atoms with van der Waals surface area (Å²) in [5.74, 6) is -0.588. The van der Waals surface area contributed by atoms with Crippen molar-refractivity contribution in [3.63, 3.8) is 0 Å². The molecule has 0 saturated carbocycles. The summed E-state index contributed by atoms with van der Waals surface area (Å²) in [5.41, 5.74) is 11.5. The number of hydrogen-bond donors (Lipinski definition) is 4. The SMILES string of the molecule is C[C@H]1O[C@@H](n2cc(C(N)=O)c3c(N)ncnc32)[C@@H](O)[C@H]1O. The normalized spacial score (nSPS) is 29.1. The molecule has 2 aromatic heterocycles. The number of aromatic nitrogens is 3. The Morgan fingerprint density at radius 1 is 1.38 bits per heavy atom. The Hall–Kier alpha value is -2.23. The second kappa shape index (κ2) is 4.65. The zero-order chi connectivity index (χ0) is 15.3. The molecular formula is C12H15N5O4. The van der Waals surface area contributed by atoms with Crippen molar-refractivity contribution in [2.24, 2.45) is 5.73 Å². The summed E-state index contributed by atoms with van der Waals surface area (Å²) in [7, 11) is 0. The number of ether oxygens (including phenoxy) is 1. The number of nitrogens with zero attached hydrogens (tertiary/aromatic N) is 3. The predicted molar refractivity (Wildman–Crippen MR) is 72.1 cm³/mol. The van der Waals surface area contributed by atoms with Crippen molar-refractivity contribution >= 4 is 22.8 Å². The number of carbonyl (C=O) groups is 1. The van der Waals surface area contributed by atoms with Gasteiger partial charge in [-0.3, -0.25) is 4.79 Å². The van der Waals surface area contributed by atoms with Gasteiger partial charge in [-0.15, -0.1) is 0 Å². The average Bonchev–Trinajstić information content (AvgIpc) is 2.94. The molecule has 9 heteroatoms. The van der Waals surface area contributed by atoms with Crippen LogP contribution in [-0.2, 0) is 4.74 Å². The lowest BCUT2D eigenvalue weighted by Crippen LogP contribution is -2.30. The largest absolute Gasteiger partial charge is 0.388 e. The van der Waals surface area contributed by atoms with E-state index < -0.39 is 30.4 Å². The number of amides is 1. The van der Waals surface area contributed by atoms with Crippen LogP contribution < -0.4 is 11.5 Å². The van der Waals surface area contributed by atoms with Gasteiger partial charge in [0.25, 0.3) is 5.91 Å². The van der Waals surface area contributed by atoms with Gasteiger partial charge in [-0.2, -0.15) is 0 Å². The molecule has 0 radical (unpaired) electrons. The van der Waals surface area contributed by atoms with E-state index in [4.69, 9.17) is 16.2 Å². The molecule has 0 bridgehead atoms. The number of primary amides is 1. The monoisotopic (exact) mass is 293 g/mol. The first kappa shape index (κ1) is 13.7. The predicted octanol–water partition coefficient (Wildman–Crippen LogP) is -1.25. The minimum absolute atomic E-state index is 0.105. The second-order valence-electron chi connectivity index (χ2n) is 4.98. The molecule has 0 aliphatic carbocycles. The van der Waals surface area contributed by atoms with Crippen molar-refractivity contribution in [3.05, 3.63) is 18.1 Å². The number of nitrogen functional groups attached to an aromatic ring is 1. The zero-order valence-electron chi connectivity index (χ0n) is 11.2. The van der Waals surface area contributed by atoms with Crippen molar-refractivity contribution in [3.8, 4) is 0 Å². The first-order valence-electron chi connectivity index (χ1n) is 6.34. The number of nitrogens with two attached hydrogens (primary N) is 2. The van der Waals surface area contributed by atoms with E-state index in [0.29, 0.717) is 11.0 Å². The van der Waals surface area contributed by atoms with Gasteiger partial charge < -0.3 is 31.0 Å². The van der Waals surface area contributed by atoms with Crippen LogP contribution in [0.5, 0.6) is 0 Å². The van der Waals surface area contributed by atoms with E-state index in [0.717, 1.165) is 0 Å². The van der Waals surface area contributed by atoms with E-state index in [1.165, 1.54) is 17.1 Å². The highest BCUT2D eigenvalue weighted by Gasteiger charge is 2.42. The van der Waals surface area contributed by atoms with Crippen LogP contribution in [-0.4, -0.2) is 49.0 Å². The molecule has 1 saturated heterocycles. The molecule has 0 spiro atoms. The number of rotatable bonds is 2. The van der Waals surface area contributed by atoms with Gasteiger partial charge in [-0.1, -0.05) is 0 Å². The number of aliphatic hydroxyl groups excluding tert-OH is 2. The zero-order valence-corrected chi connectivity index (χ0v) is 11.2. The Bertz CT molecular complexity index is 715. The molecule has 3 rings (SSSR count). The highest BCUT2D eigenvalue weighted by atomic mass is 16.6. The van der Waals surface area contributed by atoms with Crippen LogP contribution in [0.1, 0.15) is 23.5 Å². The molecular weight excluding hydrogens is 278 g/mol. The number of carbonyl (C=O) groups excluding carboxylic acids is 1. The molecule has 1 aliphatic heterocycles. The minimum Gasteiger partial charge on any atom is -0.388 e. The second-order valence-corrected chi connectivity index (χ2v) is 4.98. The third-order valence-electron chi connectivity index (χ3n) is 3.66. The quantitative estimate of drug-likeness (QED) is 0.540. The summed E-state index contributed by atoms with van der Waals surface area (Å²) in [6, 6.07) is 0. The van der Waals surface area contributed by atoms with Crippen LogP contribution in [0.2, 0.25) is 0 Å². The molecule has 21 heavy (non-hydrogen) atoms. The Balaban J connectivity index is 2.20. The Kier molecular flexibility index (Phi) is 3.04.